The zero-order chi connectivity index (χ0) is 19.9. The molecule has 0 aromatic heterocycles. The normalized spacial score (nSPS) is 13.5. The van der Waals surface area contributed by atoms with Crippen LogP contribution in [0.15, 0.2) is 0 Å². The van der Waals surface area contributed by atoms with Gasteiger partial charge in [0.25, 0.3) is 0 Å². The fourth-order valence-corrected chi connectivity index (χ4v) is 1.47. The summed E-state index contributed by atoms with van der Waals surface area (Å²) in [4.78, 5) is 29.8. The van der Waals surface area contributed by atoms with E-state index in [9.17, 15) is 14.4 Å². The number of thioether (sulfide) groups is 1. The molecule has 0 aromatic rings. The first-order valence-corrected chi connectivity index (χ1v) is 8.70. The number of hydrogen-bond acceptors (Lipinski definition) is 7. The molecule has 24 heavy (non-hydrogen) atoms. The van der Waals surface area contributed by atoms with Crippen molar-refractivity contribution in [1.29, 1.82) is 0 Å². The van der Waals surface area contributed by atoms with Crippen LogP contribution in [0.25, 0.3) is 0 Å². The summed E-state index contributed by atoms with van der Waals surface area (Å²) >= 11 is 1.60. The number of carbonyl (C=O) groups is 3. The van der Waals surface area contributed by atoms with Gasteiger partial charge in [-0.3, -0.25) is 14.4 Å². The molecule has 0 aliphatic heterocycles. The smallest absolute Gasteiger partial charge is 0.320 e. The van der Waals surface area contributed by atoms with E-state index in [0.717, 1.165) is 5.75 Å². The molecule has 0 spiro atoms. The molecule has 0 saturated carbocycles. The van der Waals surface area contributed by atoms with E-state index >= 15 is 0 Å². The summed E-state index contributed by atoms with van der Waals surface area (Å²) in [5, 5.41) is 24.4. The minimum atomic E-state index is -0.963. The summed E-state index contributed by atoms with van der Waals surface area (Å²) in [6.45, 7) is 5.31. The minimum Gasteiger partial charge on any atom is -0.480 e. The van der Waals surface area contributed by atoms with E-state index in [0.29, 0.717) is 18.8 Å². The van der Waals surface area contributed by atoms with Gasteiger partial charge in [-0.1, -0.05) is 13.8 Å². The molecular weight excluding hydrogens is 338 g/mol. The van der Waals surface area contributed by atoms with Crippen LogP contribution < -0.4 is 17.2 Å². The van der Waals surface area contributed by atoms with Crippen molar-refractivity contribution in [3.8, 4) is 0 Å². The predicted octanol–water partition coefficient (Wildman–Crippen LogP) is 0.0140. The molecule has 0 aromatic carbocycles. The zero-order valence-electron chi connectivity index (χ0n) is 14.6. The minimum absolute atomic E-state index is 0.357. The topological polar surface area (TPSA) is 190 Å². The molecule has 0 heterocycles. The number of rotatable bonds is 8. The molecule has 0 aliphatic carbocycles. The van der Waals surface area contributed by atoms with Crippen molar-refractivity contribution in [3.63, 3.8) is 0 Å². The Kier molecular flexibility index (Phi) is 18.9. The first-order chi connectivity index (χ1) is 10.9. The molecule has 0 amide bonds. The van der Waals surface area contributed by atoms with Crippen LogP contribution in [0.2, 0.25) is 0 Å². The van der Waals surface area contributed by atoms with Gasteiger partial charge in [0.05, 0.1) is 0 Å². The molecule has 0 unspecified atom stereocenters. The van der Waals surface area contributed by atoms with Crippen LogP contribution in [0.4, 0.5) is 0 Å². The molecule has 0 radical (unpaired) electrons. The van der Waals surface area contributed by atoms with E-state index in [2.05, 4.69) is 0 Å². The number of nitrogens with two attached hydrogens (primary N) is 3. The molecule has 0 bridgehead atoms. The zero-order valence-corrected chi connectivity index (χ0v) is 15.5. The molecule has 0 saturated heterocycles. The quantitative estimate of drug-likeness (QED) is 0.340. The van der Waals surface area contributed by atoms with E-state index in [-0.39, 0.29) is 0 Å². The first kappa shape index (κ1) is 27.5. The second-order valence-electron chi connectivity index (χ2n) is 5.43. The van der Waals surface area contributed by atoms with Gasteiger partial charge in [0.1, 0.15) is 18.1 Å². The van der Waals surface area contributed by atoms with Crippen molar-refractivity contribution in [1.82, 2.24) is 0 Å². The van der Waals surface area contributed by atoms with E-state index in [1.165, 1.54) is 6.92 Å². The Morgan fingerprint density at radius 1 is 0.875 bits per heavy atom. The summed E-state index contributed by atoms with van der Waals surface area (Å²) in [5.41, 5.74) is 15.2. The average Bonchev–Trinajstić information content (AvgIpc) is 2.44. The Morgan fingerprint density at radius 3 is 1.42 bits per heavy atom. The number of aliphatic carboxylic acids is 3. The van der Waals surface area contributed by atoms with Crippen molar-refractivity contribution >= 4 is 29.7 Å². The SMILES string of the molecule is CC(C)C[C@H](N)C(=O)O.CSCC[C@H](N)C(=O)O.C[C@H](N)C(=O)O. The molecular formula is C14H31N3O6S. The molecule has 3 atom stereocenters. The maximum Gasteiger partial charge on any atom is 0.320 e. The highest BCUT2D eigenvalue weighted by molar-refractivity contribution is 7.98. The summed E-state index contributed by atoms with van der Waals surface area (Å²) in [6, 6.07) is -2.10. The van der Waals surface area contributed by atoms with Crippen molar-refractivity contribution in [2.75, 3.05) is 12.0 Å². The lowest BCUT2D eigenvalue weighted by Gasteiger charge is -2.07. The third-order valence-electron chi connectivity index (χ3n) is 2.38. The Morgan fingerprint density at radius 2 is 1.25 bits per heavy atom. The van der Waals surface area contributed by atoms with Crippen LogP contribution >= 0.6 is 11.8 Å². The summed E-state index contributed by atoms with van der Waals surface area (Å²) in [5.74, 6) is -1.62. The second kappa shape index (κ2) is 16.5. The van der Waals surface area contributed by atoms with Crippen molar-refractivity contribution in [2.24, 2.45) is 23.1 Å². The van der Waals surface area contributed by atoms with Gasteiger partial charge in [0.2, 0.25) is 0 Å². The largest absolute Gasteiger partial charge is 0.480 e. The summed E-state index contributed by atoms with van der Waals surface area (Å²) in [7, 11) is 0. The highest BCUT2D eigenvalue weighted by Crippen LogP contribution is 2.01. The lowest BCUT2D eigenvalue weighted by molar-refractivity contribution is -0.139. The van der Waals surface area contributed by atoms with Crippen LogP contribution in [0.3, 0.4) is 0 Å². The van der Waals surface area contributed by atoms with E-state index in [4.69, 9.17) is 32.5 Å². The maximum absolute atomic E-state index is 10.1. The highest BCUT2D eigenvalue weighted by Gasteiger charge is 2.12. The van der Waals surface area contributed by atoms with Gasteiger partial charge in [-0.2, -0.15) is 11.8 Å². The fourth-order valence-electron chi connectivity index (χ4n) is 0.977. The molecule has 0 fully saturated rings. The molecule has 0 aliphatic rings. The highest BCUT2D eigenvalue weighted by atomic mass is 32.2. The van der Waals surface area contributed by atoms with Crippen molar-refractivity contribution in [2.45, 2.75) is 51.7 Å². The first-order valence-electron chi connectivity index (χ1n) is 7.30. The van der Waals surface area contributed by atoms with Gasteiger partial charge in [-0.05, 0) is 37.7 Å². The third kappa shape index (κ3) is 22.9. The van der Waals surface area contributed by atoms with E-state index < -0.39 is 36.0 Å². The van der Waals surface area contributed by atoms with Crippen molar-refractivity contribution < 1.29 is 29.7 Å². The Labute approximate surface area is 147 Å². The lowest BCUT2D eigenvalue weighted by atomic mass is 10.1. The van der Waals surface area contributed by atoms with Gasteiger partial charge in [0.15, 0.2) is 0 Å². The third-order valence-corrected chi connectivity index (χ3v) is 3.03. The molecule has 9 nitrogen and oxygen atoms in total. The molecule has 10 heteroatoms. The Bertz CT molecular complexity index is 366. The van der Waals surface area contributed by atoms with Gasteiger partial charge < -0.3 is 32.5 Å². The van der Waals surface area contributed by atoms with Crippen molar-refractivity contribution in [3.05, 3.63) is 0 Å². The lowest BCUT2D eigenvalue weighted by Crippen LogP contribution is -2.31. The number of carboxylic acid groups (broad SMARTS) is 3. The monoisotopic (exact) mass is 369 g/mol. The van der Waals surface area contributed by atoms with E-state index in [1.54, 1.807) is 11.8 Å². The predicted molar refractivity (Wildman–Crippen MR) is 95.0 cm³/mol. The Balaban J connectivity index is -0.000000282. The molecule has 0 rings (SSSR count). The van der Waals surface area contributed by atoms with Gasteiger partial charge in [-0.25, -0.2) is 0 Å². The van der Waals surface area contributed by atoms with Crippen LogP contribution in [0.5, 0.6) is 0 Å². The van der Waals surface area contributed by atoms with Gasteiger partial charge in [-0.15, -0.1) is 0 Å². The molecule has 144 valence electrons. The fraction of sp³-hybridized carbons (Fsp3) is 0.786. The van der Waals surface area contributed by atoms with Crippen LogP contribution in [-0.4, -0.2) is 63.4 Å². The number of carboxylic acids is 3. The van der Waals surface area contributed by atoms with Crippen LogP contribution in [0.1, 0.15) is 33.6 Å². The summed E-state index contributed by atoms with van der Waals surface area (Å²) in [6.07, 6.45) is 3.03. The Hall–Kier alpha value is -1.36. The average molecular weight is 369 g/mol. The number of hydrogen-bond donors (Lipinski definition) is 6. The molecule has 9 N–H and O–H groups in total. The van der Waals surface area contributed by atoms with Crippen LogP contribution in [0, 0.1) is 5.92 Å². The summed E-state index contributed by atoms with van der Waals surface area (Å²) < 4.78 is 0. The maximum atomic E-state index is 10.1. The van der Waals surface area contributed by atoms with Crippen LogP contribution in [-0.2, 0) is 14.4 Å². The second-order valence-corrected chi connectivity index (χ2v) is 6.41. The van der Waals surface area contributed by atoms with Gasteiger partial charge in [0, 0.05) is 0 Å². The van der Waals surface area contributed by atoms with E-state index in [1.807, 2.05) is 20.1 Å². The van der Waals surface area contributed by atoms with Gasteiger partial charge >= 0.3 is 17.9 Å². The standard InChI is InChI=1S/C6H13NO2.C5H11NO2S.C3H7NO2/c1-4(2)3-5(7)6(8)9;1-9-3-2-4(6)5(7)8;1-2(4)3(5)6/h4-5H,3,7H2,1-2H3,(H,8,9);4H,2-3,6H2,1H3,(H,7,8);2H,4H2,1H3,(H,5,6)/t5-;4-;2-/m000/s1.